The Hall–Kier alpha value is -2.63. The molecule has 2 aromatic carbocycles. The molecule has 0 aliphatic carbocycles. The predicted octanol–water partition coefficient (Wildman–Crippen LogP) is 3.48. The summed E-state index contributed by atoms with van der Waals surface area (Å²) in [6.07, 6.45) is 1.51. The van der Waals surface area contributed by atoms with Gasteiger partial charge in [-0.2, -0.15) is 0 Å². The van der Waals surface area contributed by atoms with Crippen molar-refractivity contribution in [1.82, 2.24) is 5.32 Å². The van der Waals surface area contributed by atoms with Crippen molar-refractivity contribution in [2.75, 3.05) is 19.8 Å². The SMILES string of the molecule is O=C(NC[C@](O)(c1ccccc1)C1CCOCC1)c1cc2ccccc2o1. The van der Waals surface area contributed by atoms with Gasteiger partial charge in [-0.05, 0) is 36.5 Å². The van der Waals surface area contributed by atoms with Gasteiger partial charge < -0.3 is 19.6 Å². The average molecular weight is 365 g/mol. The first-order chi connectivity index (χ1) is 13.2. The first-order valence-corrected chi connectivity index (χ1v) is 9.29. The maximum absolute atomic E-state index is 12.6. The number of aliphatic hydroxyl groups is 1. The van der Waals surface area contributed by atoms with Crippen molar-refractivity contribution < 1.29 is 19.1 Å². The Morgan fingerprint density at radius 2 is 1.78 bits per heavy atom. The van der Waals surface area contributed by atoms with Crippen LogP contribution in [0.15, 0.2) is 65.1 Å². The van der Waals surface area contributed by atoms with Gasteiger partial charge in [-0.15, -0.1) is 0 Å². The standard InChI is InChI=1S/C22H23NO4/c24-21(20-14-16-6-4-5-9-19(16)27-20)23-15-22(25,17-7-2-1-3-8-17)18-10-12-26-13-11-18/h1-9,14,18,25H,10-13,15H2,(H,23,24)/t22-/m0/s1. The van der Waals surface area contributed by atoms with Crippen LogP contribution in [0.2, 0.25) is 0 Å². The Labute approximate surface area is 157 Å². The number of para-hydroxylation sites is 1. The maximum atomic E-state index is 12.6. The third-order valence-corrected chi connectivity index (χ3v) is 5.34. The van der Waals surface area contributed by atoms with E-state index in [1.807, 2.05) is 54.6 Å². The first kappa shape index (κ1) is 17.8. The zero-order chi connectivity index (χ0) is 18.7. The van der Waals surface area contributed by atoms with E-state index in [0.29, 0.717) is 18.8 Å². The molecule has 5 nitrogen and oxygen atoms in total. The van der Waals surface area contributed by atoms with Crippen LogP contribution in [-0.2, 0) is 10.3 Å². The summed E-state index contributed by atoms with van der Waals surface area (Å²) in [7, 11) is 0. The number of ether oxygens (including phenoxy) is 1. The number of hydrogen-bond acceptors (Lipinski definition) is 4. The number of benzene rings is 2. The molecule has 1 fully saturated rings. The van der Waals surface area contributed by atoms with Crippen LogP contribution in [0.1, 0.15) is 29.0 Å². The fraction of sp³-hybridized carbons (Fsp3) is 0.318. The Morgan fingerprint density at radius 3 is 2.52 bits per heavy atom. The third-order valence-electron chi connectivity index (χ3n) is 5.34. The zero-order valence-corrected chi connectivity index (χ0v) is 15.1. The molecule has 1 aromatic heterocycles. The number of carbonyl (C=O) groups excluding carboxylic acids is 1. The van der Waals surface area contributed by atoms with Crippen LogP contribution in [0.25, 0.3) is 11.0 Å². The number of fused-ring (bicyclic) bond motifs is 1. The molecule has 0 spiro atoms. The molecule has 2 N–H and O–H groups in total. The molecule has 1 atom stereocenters. The van der Waals surface area contributed by atoms with Crippen LogP contribution in [-0.4, -0.2) is 30.8 Å². The largest absolute Gasteiger partial charge is 0.451 e. The van der Waals surface area contributed by atoms with Gasteiger partial charge in [0, 0.05) is 18.6 Å². The van der Waals surface area contributed by atoms with Crippen molar-refractivity contribution in [3.05, 3.63) is 72.0 Å². The highest BCUT2D eigenvalue weighted by Crippen LogP contribution is 2.35. The zero-order valence-electron chi connectivity index (χ0n) is 15.1. The van der Waals surface area contributed by atoms with Crippen LogP contribution >= 0.6 is 0 Å². The van der Waals surface area contributed by atoms with Crippen LogP contribution in [0.3, 0.4) is 0 Å². The van der Waals surface area contributed by atoms with E-state index in [2.05, 4.69) is 5.32 Å². The minimum absolute atomic E-state index is 0.0182. The topological polar surface area (TPSA) is 71.7 Å². The van der Waals surface area contributed by atoms with Crippen molar-refractivity contribution in [1.29, 1.82) is 0 Å². The van der Waals surface area contributed by atoms with Gasteiger partial charge >= 0.3 is 0 Å². The number of amides is 1. The second-order valence-electron chi connectivity index (χ2n) is 7.01. The smallest absolute Gasteiger partial charge is 0.287 e. The fourth-order valence-corrected chi connectivity index (χ4v) is 3.78. The summed E-state index contributed by atoms with van der Waals surface area (Å²) >= 11 is 0. The fourth-order valence-electron chi connectivity index (χ4n) is 3.78. The van der Waals surface area contributed by atoms with E-state index < -0.39 is 5.60 Å². The van der Waals surface area contributed by atoms with Gasteiger partial charge in [0.1, 0.15) is 11.2 Å². The molecular weight excluding hydrogens is 342 g/mol. The van der Waals surface area contributed by atoms with Crippen molar-refractivity contribution >= 4 is 16.9 Å². The molecule has 3 aromatic rings. The Morgan fingerprint density at radius 1 is 1.07 bits per heavy atom. The lowest BCUT2D eigenvalue weighted by Gasteiger charge is -2.39. The summed E-state index contributed by atoms with van der Waals surface area (Å²) in [5.74, 6) is -0.0594. The monoisotopic (exact) mass is 365 g/mol. The van der Waals surface area contributed by atoms with Crippen molar-refractivity contribution in [3.63, 3.8) is 0 Å². The molecule has 2 heterocycles. The van der Waals surface area contributed by atoms with Gasteiger partial charge in [0.15, 0.2) is 5.76 Å². The molecule has 0 bridgehead atoms. The van der Waals surface area contributed by atoms with E-state index in [9.17, 15) is 9.90 Å². The van der Waals surface area contributed by atoms with E-state index in [1.165, 1.54) is 0 Å². The highest BCUT2D eigenvalue weighted by atomic mass is 16.5. The van der Waals surface area contributed by atoms with E-state index in [4.69, 9.17) is 9.15 Å². The van der Waals surface area contributed by atoms with Gasteiger partial charge in [-0.1, -0.05) is 48.5 Å². The average Bonchev–Trinajstić information content (AvgIpc) is 3.17. The Balaban J connectivity index is 1.55. The van der Waals surface area contributed by atoms with Gasteiger partial charge in [-0.3, -0.25) is 4.79 Å². The van der Waals surface area contributed by atoms with E-state index >= 15 is 0 Å². The van der Waals surface area contributed by atoms with Crippen molar-refractivity contribution in [2.24, 2.45) is 5.92 Å². The third kappa shape index (κ3) is 3.61. The molecule has 1 saturated heterocycles. The summed E-state index contributed by atoms with van der Waals surface area (Å²) < 4.78 is 11.1. The summed E-state index contributed by atoms with van der Waals surface area (Å²) in [6.45, 7) is 1.37. The molecule has 0 saturated carbocycles. The lowest BCUT2D eigenvalue weighted by atomic mass is 9.77. The van der Waals surface area contributed by atoms with E-state index in [0.717, 1.165) is 23.8 Å². The summed E-state index contributed by atoms with van der Waals surface area (Å²) in [6, 6.07) is 18.8. The maximum Gasteiger partial charge on any atom is 0.287 e. The predicted molar refractivity (Wildman–Crippen MR) is 102 cm³/mol. The Bertz CT molecular complexity index is 881. The molecule has 140 valence electrons. The van der Waals surface area contributed by atoms with E-state index in [-0.39, 0.29) is 24.1 Å². The van der Waals surface area contributed by atoms with Gasteiger partial charge in [0.25, 0.3) is 5.91 Å². The van der Waals surface area contributed by atoms with Crippen LogP contribution in [0.5, 0.6) is 0 Å². The molecule has 0 radical (unpaired) electrons. The highest BCUT2D eigenvalue weighted by Gasteiger charge is 2.39. The lowest BCUT2D eigenvalue weighted by Crippen LogP contribution is -2.47. The van der Waals surface area contributed by atoms with E-state index in [1.54, 1.807) is 6.07 Å². The minimum atomic E-state index is -1.15. The van der Waals surface area contributed by atoms with Crippen molar-refractivity contribution in [2.45, 2.75) is 18.4 Å². The number of furan rings is 1. The van der Waals surface area contributed by atoms with Gasteiger partial charge in [0.2, 0.25) is 0 Å². The molecule has 0 unspecified atom stereocenters. The number of hydrogen-bond donors (Lipinski definition) is 2. The summed E-state index contributed by atoms with van der Waals surface area (Å²) in [4.78, 5) is 12.6. The van der Waals surface area contributed by atoms with Crippen LogP contribution in [0.4, 0.5) is 0 Å². The lowest BCUT2D eigenvalue weighted by molar-refractivity contribution is -0.0680. The normalized spacial score (nSPS) is 17.5. The quantitative estimate of drug-likeness (QED) is 0.726. The van der Waals surface area contributed by atoms with Gasteiger partial charge in [-0.25, -0.2) is 0 Å². The van der Waals surface area contributed by atoms with Crippen molar-refractivity contribution in [3.8, 4) is 0 Å². The molecular formula is C22H23NO4. The number of carbonyl (C=O) groups is 1. The molecule has 1 amide bonds. The first-order valence-electron chi connectivity index (χ1n) is 9.29. The minimum Gasteiger partial charge on any atom is -0.451 e. The summed E-state index contributed by atoms with van der Waals surface area (Å²) in [5.41, 5.74) is 0.333. The number of nitrogens with one attached hydrogen (secondary N) is 1. The Kier molecular flexibility index (Phi) is 4.97. The molecule has 27 heavy (non-hydrogen) atoms. The van der Waals surface area contributed by atoms with Crippen LogP contribution in [0, 0.1) is 5.92 Å². The highest BCUT2D eigenvalue weighted by molar-refractivity contribution is 5.96. The molecule has 1 aliphatic rings. The van der Waals surface area contributed by atoms with Crippen LogP contribution < -0.4 is 5.32 Å². The number of rotatable bonds is 5. The second-order valence-corrected chi connectivity index (χ2v) is 7.01. The molecule has 4 rings (SSSR count). The second kappa shape index (κ2) is 7.55. The molecule has 5 heteroatoms. The summed E-state index contributed by atoms with van der Waals surface area (Å²) in [5, 5.41) is 15.3. The molecule has 1 aliphatic heterocycles. The van der Waals surface area contributed by atoms with Gasteiger partial charge in [0.05, 0.1) is 6.54 Å².